The molecule has 184 valence electrons. The maximum atomic E-state index is 13.1. The van der Waals surface area contributed by atoms with Gasteiger partial charge in [0.25, 0.3) is 0 Å². The lowest BCUT2D eigenvalue weighted by atomic mass is 10.0. The van der Waals surface area contributed by atoms with Crippen LogP contribution in [0.25, 0.3) is 6.08 Å². The highest BCUT2D eigenvalue weighted by Gasteiger charge is 2.30. The Balaban J connectivity index is 2.02. The van der Waals surface area contributed by atoms with E-state index in [1.807, 2.05) is 12.1 Å². The van der Waals surface area contributed by atoms with Crippen LogP contribution in [0, 0.1) is 0 Å². The average Bonchev–Trinajstić information content (AvgIpc) is 3.15. The van der Waals surface area contributed by atoms with Gasteiger partial charge in [-0.05, 0) is 56.0 Å². The Bertz CT molecular complexity index is 1020. The topological polar surface area (TPSA) is 71.5 Å². The zero-order valence-electron chi connectivity index (χ0n) is 21.1. The second-order valence-corrected chi connectivity index (χ2v) is 8.25. The standard InChI is InChI=1S/C27H36N2O5/c1-7-28(8-2)16-19-11-18(12-20(26(19)30)17-29(9-3)10-4)13-25-27(31)21-14-23(32-5)24(33-6)15-22(21)34-25/h11-15,30H,7-10,16-17H2,1-6H3/b25-13-. The van der Waals surface area contributed by atoms with E-state index < -0.39 is 0 Å². The first-order valence-corrected chi connectivity index (χ1v) is 11.9. The van der Waals surface area contributed by atoms with Crippen molar-refractivity contribution in [2.75, 3.05) is 40.4 Å². The number of Topliss-reactive ketones (excluding diaryl/α,β-unsaturated/α-hetero) is 1. The van der Waals surface area contributed by atoms with Crippen LogP contribution in [0.3, 0.4) is 0 Å². The SMILES string of the molecule is CCN(CC)Cc1cc(/C=C2\Oc3cc(OC)c(OC)cc3C2=O)cc(CN(CC)CC)c1O. The van der Waals surface area contributed by atoms with E-state index in [1.165, 1.54) is 7.11 Å². The molecule has 1 aliphatic heterocycles. The van der Waals surface area contributed by atoms with Crippen LogP contribution in [0.4, 0.5) is 0 Å². The van der Waals surface area contributed by atoms with Crippen LogP contribution in [0.1, 0.15) is 54.7 Å². The van der Waals surface area contributed by atoms with Gasteiger partial charge in [-0.3, -0.25) is 14.6 Å². The molecule has 0 bridgehead atoms. The highest BCUT2D eigenvalue weighted by Crippen LogP contribution is 2.40. The van der Waals surface area contributed by atoms with Crippen molar-refractivity contribution in [2.24, 2.45) is 0 Å². The van der Waals surface area contributed by atoms with Crippen molar-refractivity contribution >= 4 is 11.9 Å². The van der Waals surface area contributed by atoms with E-state index in [0.29, 0.717) is 41.7 Å². The first-order valence-electron chi connectivity index (χ1n) is 11.9. The summed E-state index contributed by atoms with van der Waals surface area (Å²) >= 11 is 0. The molecule has 1 N–H and O–H groups in total. The van der Waals surface area contributed by atoms with Gasteiger partial charge in [0, 0.05) is 30.3 Å². The molecule has 0 spiro atoms. The zero-order chi connectivity index (χ0) is 24.8. The highest BCUT2D eigenvalue weighted by molar-refractivity contribution is 6.14. The monoisotopic (exact) mass is 468 g/mol. The summed E-state index contributed by atoms with van der Waals surface area (Å²) in [4.78, 5) is 17.6. The third-order valence-electron chi connectivity index (χ3n) is 6.34. The molecule has 0 unspecified atom stereocenters. The van der Waals surface area contributed by atoms with Crippen LogP contribution in [-0.2, 0) is 13.1 Å². The Hall–Kier alpha value is -3.03. The number of aromatic hydroxyl groups is 1. The number of phenols is 1. The summed E-state index contributed by atoms with van der Waals surface area (Å²) < 4.78 is 16.6. The molecule has 0 saturated carbocycles. The van der Waals surface area contributed by atoms with Crippen molar-refractivity contribution in [1.82, 2.24) is 9.80 Å². The number of benzene rings is 2. The number of ketones is 1. The van der Waals surface area contributed by atoms with Crippen LogP contribution in [0.5, 0.6) is 23.0 Å². The highest BCUT2D eigenvalue weighted by atomic mass is 16.5. The molecule has 0 amide bonds. The molecule has 34 heavy (non-hydrogen) atoms. The number of hydrogen-bond acceptors (Lipinski definition) is 7. The van der Waals surface area contributed by atoms with Crippen molar-refractivity contribution in [3.05, 3.63) is 52.3 Å². The summed E-state index contributed by atoms with van der Waals surface area (Å²) in [6.45, 7) is 13.2. The molecule has 0 saturated heterocycles. The average molecular weight is 469 g/mol. The van der Waals surface area contributed by atoms with Gasteiger partial charge < -0.3 is 19.3 Å². The Morgan fingerprint density at radius 2 is 1.35 bits per heavy atom. The zero-order valence-corrected chi connectivity index (χ0v) is 21.1. The Labute approximate surface area is 202 Å². The minimum atomic E-state index is -0.209. The Morgan fingerprint density at radius 1 is 0.853 bits per heavy atom. The third-order valence-corrected chi connectivity index (χ3v) is 6.34. The number of allylic oxidation sites excluding steroid dienone is 1. The fraction of sp³-hybridized carbons (Fsp3) is 0.444. The third kappa shape index (κ3) is 5.37. The van der Waals surface area contributed by atoms with Crippen LogP contribution in [0.2, 0.25) is 0 Å². The van der Waals surface area contributed by atoms with Crippen molar-refractivity contribution in [3.8, 4) is 23.0 Å². The number of phenolic OH excluding ortho intramolecular Hbond substituents is 1. The normalized spacial score (nSPS) is 14.1. The van der Waals surface area contributed by atoms with Gasteiger partial charge in [0.15, 0.2) is 17.3 Å². The van der Waals surface area contributed by atoms with Crippen molar-refractivity contribution in [2.45, 2.75) is 40.8 Å². The lowest BCUT2D eigenvalue weighted by molar-refractivity contribution is 0.101. The minimum Gasteiger partial charge on any atom is -0.507 e. The number of hydrogen-bond donors (Lipinski definition) is 1. The molecule has 0 radical (unpaired) electrons. The summed E-state index contributed by atoms with van der Waals surface area (Å²) in [5, 5.41) is 11.1. The van der Waals surface area contributed by atoms with Gasteiger partial charge in [0.2, 0.25) is 5.78 Å². The molecular formula is C27H36N2O5. The number of rotatable bonds is 11. The largest absolute Gasteiger partial charge is 0.507 e. The number of methoxy groups -OCH3 is 2. The van der Waals surface area contributed by atoms with Crippen LogP contribution < -0.4 is 14.2 Å². The maximum Gasteiger partial charge on any atom is 0.232 e. The first-order chi connectivity index (χ1) is 16.4. The van der Waals surface area contributed by atoms with E-state index >= 15 is 0 Å². The minimum absolute atomic E-state index is 0.209. The fourth-order valence-electron chi connectivity index (χ4n) is 4.15. The van der Waals surface area contributed by atoms with Gasteiger partial charge in [-0.25, -0.2) is 0 Å². The number of ether oxygens (including phenoxy) is 3. The Kier molecular flexibility index (Phi) is 8.58. The molecule has 7 nitrogen and oxygen atoms in total. The lowest BCUT2D eigenvalue weighted by Gasteiger charge is -2.23. The molecule has 0 aromatic heterocycles. The predicted molar refractivity (Wildman–Crippen MR) is 134 cm³/mol. The molecule has 1 aliphatic rings. The molecule has 1 heterocycles. The molecule has 0 fully saturated rings. The van der Waals surface area contributed by atoms with Crippen LogP contribution >= 0.6 is 0 Å². The number of fused-ring (bicyclic) bond motifs is 1. The summed E-state index contributed by atoms with van der Waals surface area (Å²) in [6, 6.07) is 7.19. The van der Waals surface area contributed by atoms with E-state index in [-0.39, 0.29) is 11.5 Å². The first kappa shape index (κ1) is 25.6. The van der Waals surface area contributed by atoms with Crippen LogP contribution in [0.15, 0.2) is 30.0 Å². The van der Waals surface area contributed by atoms with Crippen molar-refractivity contribution < 1.29 is 24.1 Å². The Morgan fingerprint density at radius 3 is 1.82 bits per heavy atom. The van der Waals surface area contributed by atoms with Gasteiger partial charge in [0.1, 0.15) is 11.5 Å². The van der Waals surface area contributed by atoms with Gasteiger partial charge in [0.05, 0.1) is 19.8 Å². The van der Waals surface area contributed by atoms with E-state index in [2.05, 4.69) is 37.5 Å². The van der Waals surface area contributed by atoms with Crippen molar-refractivity contribution in [3.63, 3.8) is 0 Å². The summed E-state index contributed by atoms with van der Waals surface area (Å²) in [7, 11) is 3.08. The second-order valence-electron chi connectivity index (χ2n) is 8.25. The fourth-order valence-corrected chi connectivity index (χ4v) is 4.15. The maximum absolute atomic E-state index is 13.1. The van der Waals surface area contributed by atoms with Gasteiger partial charge in [-0.2, -0.15) is 0 Å². The van der Waals surface area contributed by atoms with Gasteiger partial charge in [-0.15, -0.1) is 0 Å². The van der Waals surface area contributed by atoms with Gasteiger partial charge >= 0.3 is 0 Å². The summed E-state index contributed by atoms with van der Waals surface area (Å²) in [5.41, 5.74) is 2.93. The molecule has 2 aromatic carbocycles. The van der Waals surface area contributed by atoms with Crippen LogP contribution in [-0.4, -0.2) is 61.1 Å². The number of carbonyl (C=O) groups is 1. The molecule has 3 rings (SSSR count). The van der Waals surface area contributed by atoms with E-state index in [4.69, 9.17) is 14.2 Å². The summed E-state index contributed by atoms with van der Waals surface area (Å²) in [6.07, 6.45) is 1.75. The number of nitrogens with zero attached hydrogens (tertiary/aromatic N) is 2. The lowest BCUT2D eigenvalue weighted by Crippen LogP contribution is -2.24. The van der Waals surface area contributed by atoms with E-state index in [1.54, 1.807) is 25.3 Å². The summed E-state index contributed by atoms with van der Waals surface area (Å²) in [5.74, 6) is 1.77. The molecule has 0 aliphatic carbocycles. The second kappa shape index (κ2) is 11.4. The number of carbonyl (C=O) groups excluding carboxylic acids is 1. The molecule has 2 aromatic rings. The van der Waals surface area contributed by atoms with E-state index in [9.17, 15) is 9.90 Å². The molecule has 0 atom stereocenters. The predicted octanol–water partition coefficient (Wildman–Crippen LogP) is 4.71. The van der Waals surface area contributed by atoms with Gasteiger partial charge in [-0.1, -0.05) is 27.7 Å². The van der Waals surface area contributed by atoms with Crippen molar-refractivity contribution in [1.29, 1.82) is 0 Å². The molecule has 7 heteroatoms. The molecular weight excluding hydrogens is 432 g/mol. The quantitative estimate of drug-likeness (QED) is 0.479. The smallest absolute Gasteiger partial charge is 0.232 e. The van der Waals surface area contributed by atoms with E-state index in [0.717, 1.165) is 42.9 Å².